The first-order valence-electron chi connectivity index (χ1n) is 8.55. The molecular weight excluding hydrogens is 352 g/mol. The number of sulfonamides is 1. The van der Waals surface area contributed by atoms with Gasteiger partial charge in [-0.2, -0.15) is 4.31 Å². The van der Waals surface area contributed by atoms with E-state index in [-0.39, 0.29) is 4.90 Å². The largest absolute Gasteiger partial charge is 0.497 e. The van der Waals surface area contributed by atoms with Crippen LogP contribution in [-0.4, -0.2) is 46.0 Å². The third kappa shape index (κ3) is 4.00. The fourth-order valence-corrected chi connectivity index (χ4v) is 4.61. The van der Waals surface area contributed by atoms with Crippen LogP contribution in [0.4, 0.5) is 0 Å². The first-order valence-corrected chi connectivity index (χ1v) is 9.99. The van der Waals surface area contributed by atoms with Crippen molar-refractivity contribution < 1.29 is 17.9 Å². The summed E-state index contributed by atoms with van der Waals surface area (Å²) in [5.74, 6) is 1.39. The third-order valence-corrected chi connectivity index (χ3v) is 6.19. The molecule has 1 N–H and O–H groups in total. The molecule has 2 aromatic rings. The molecule has 0 saturated carbocycles. The molecule has 1 aliphatic rings. The predicted octanol–water partition coefficient (Wildman–Crippen LogP) is 2.70. The van der Waals surface area contributed by atoms with Gasteiger partial charge in [0, 0.05) is 32.2 Å². The van der Waals surface area contributed by atoms with Gasteiger partial charge in [0.2, 0.25) is 10.0 Å². The maximum Gasteiger partial charge on any atom is 0.247 e. The molecule has 0 radical (unpaired) electrons. The van der Waals surface area contributed by atoms with Crippen molar-refractivity contribution in [1.82, 2.24) is 9.62 Å². The van der Waals surface area contributed by atoms with E-state index in [1.54, 1.807) is 12.1 Å². The van der Waals surface area contributed by atoms with E-state index in [4.69, 9.17) is 9.47 Å². The Bertz CT molecular complexity index is 870. The molecule has 0 bridgehead atoms. The molecule has 6 nitrogen and oxygen atoms in total. The Labute approximate surface area is 154 Å². The molecular formula is C19H24N2O4S. The van der Waals surface area contributed by atoms with Gasteiger partial charge in [0.25, 0.3) is 0 Å². The average Bonchev–Trinajstić information content (AvgIpc) is 2.62. The maximum atomic E-state index is 13.2. The number of nitrogens with zero attached hydrogens (tertiary/aromatic N) is 1. The molecule has 7 heteroatoms. The van der Waals surface area contributed by atoms with Gasteiger partial charge < -0.3 is 14.8 Å². The van der Waals surface area contributed by atoms with Crippen LogP contribution in [-0.2, 0) is 10.0 Å². The third-order valence-electron chi connectivity index (χ3n) is 4.27. The lowest BCUT2D eigenvalue weighted by Gasteiger charge is -2.27. The summed E-state index contributed by atoms with van der Waals surface area (Å²) >= 11 is 0. The van der Waals surface area contributed by atoms with Gasteiger partial charge in [-0.3, -0.25) is 0 Å². The fourth-order valence-electron chi connectivity index (χ4n) is 3.04. The predicted molar refractivity (Wildman–Crippen MR) is 101 cm³/mol. The van der Waals surface area contributed by atoms with Crippen molar-refractivity contribution >= 4 is 10.0 Å². The first kappa shape index (κ1) is 18.7. The molecule has 0 spiro atoms. The lowest BCUT2D eigenvalue weighted by molar-refractivity contribution is 0.357. The number of hydrogen-bond acceptors (Lipinski definition) is 5. The summed E-state index contributed by atoms with van der Waals surface area (Å²) in [5, 5.41) is 3.17. The van der Waals surface area contributed by atoms with Gasteiger partial charge in [0.1, 0.15) is 22.1 Å². The van der Waals surface area contributed by atoms with E-state index in [1.165, 1.54) is 17.5 Å². The number of aryl methyl sites for hydroxylation is 2. The lowest BCUT2D eigenvalue weighted by atomic mass is 10.1. The first-order chi connectivity index (χ1) is 12.4. The lowest BCUT2D eigenvalue weighted by Crippen LogP contribution is -2.46. The summed E-state index contributed by atoms with van der Waals surface area (Å²) in [7, 11) is -2.16. The minimum absolute atomic E-state index is 0.123. The Morgan fingerprint density at radius 2 is 1.62 bits per heavy atom. The van der Waals surface area contributed by atoms with Gasteiger partial charge in [-0.05, 0) is 49.2 Å². The van der Waals surface area contributed by atoms with Crippen molar-refractivity contribution in [2.24, 2.45) is 0 Å². The zero-order chi connectivity index (χ0) is 18.7. The highest BCUT2D eigenvalue weighted by Gasteiger charge is 2.29. The van der Waals surface area contributed by atoms with Gasteiger partial charge in [-0.1, -0.05) is 6.07 Å². The summed E-state index contributed by atoms with van der Waals surface area (Å²) in [4.78, 5) is 0.123. The second-order valence-electron chi connectivity index (χ2n) is 6.39. The van der Waals surface area contributed by atoms with Crippen LogP contribution in [0.25, 0.3) is 0 Å². The number of nitrogens with one attached hydrogen (secondary N) is 1. The van der Waals surface area contributed by atoms with Crippen LogP contribution in [0.3, 0.4) is 0 Å². The minimum Gasteiger partial charge on any atom is -0.497 e. The highest BCUT2D eigenvalue weighted by Crippen LogP contribution is 2.34. The van der Waals surface area contributed by atoms with E-state index >= 15 is 0 Å². The van der Waals surface area contributed by atoms with Crippen LogP contribution < -0.4 is 14.8 Å². The second-order valence-corrected chi connectivity index (χ2v) is 8.30. The average molecular weight is 376 g/mol. The van der Waals surface area contributed by atoms with Crippen molar-refractivity contribution in [3.63, 3.8) is 0 Å². The topological polar surface area (TPSA) is 67.9 Å². The van der Waals surface area contributed by atoms with Gasteiger partial charge >= 0.3 is 0 Å². The monoisotopic (exact) mass is 376 g/mol. The molecule has 0 unspecified atom stereocenters. The molecule has 1 heterocycles. The van der Waals surface area contributed by atoms with E-state index in [0.717, 1.165) is 11.1 Å². The molecule has 3 rings (SSSR count). The van der Waals surface area contributed by atoms with Crippen LogP contribution in [0.2, 0.25) is 0 Å². The Balaban J connectivity index is 2.02. The van der Waals surface area contributed by atoms with Gasteiger partial charge in [-0.15, -0.1) is 0 Å². The number of ether oxygens (including phenoxy) is 2. The molecule has 1 saturated heterocycles. The van der Waals surface area contributed by atoms with E-state index in [0.29, 0.717) is 43.4 Å². The van der Waals surface area contributed by atoms with Crippen LogP contribution in [0, 0.1) is 13.8 Å². The van der Waals surface area contributed by atoms with E-state index in [2.05, 4.69) is 5.32 Å². The van der Waals surface area contributed by atoms with Gasteiger partial charge in [0.15, 0.2) is 0 Å². The molecule has 2 aromatic carbocycles. The second kappa shape index (κ2) is 7.65. The Morgan fingerprint density at radius 1 is 0.962 bits per heavy atom. The zero-order valence-electron chi connectivity index (χ0n) is 15.3. The molecule has 26 heavy (non-hydrogen) atoms. The Hall–Kier alpha value is -2.09. The van der Waals surface area contributed by atoms with E-state index < -0.39 is 10.0 Å². The van der Waals surface area contributed by atoms with Crippen LogP contribution in [0.5, 0.6) is 17.2 Å². The number of methoxy groups -OCH3 is 1. The van der Waals surface area contributed by atoms with Crippen molar-refractivity contribution in [3.05, 3.63) is 47.5 Å². The van der Waals surface area contributed by atoms with Gasteiger partial charge in [-0.25, -0.2) is 8.42 Å². The molecule has 0 amide bonds. The number of benzene rings is 2. The standard InChI is InChI=1S/C19H24N2O4S/c1-14-10-15(2)12-17(11-14)25-18-5-4-16(24-3)13-19(18)26(22,23)21-8-6-20-7-9-21/h4-5,10-13,20H,6-9H2,1-3H3. The summed E-state index contributed by atoms with van der Waals surface area (Å²) in [6.07, 6.45) is 0. The number of rotatable bonds is 5. The molecule has 140 valence electrons. The van der Waals surface area contributed by atoms with Crippen LogP contribution in [0.15, 0.2) is 41.3 Å². The van der Waals surface area contributed by atoms with E-state index in [1.807, 2.05) is 32.0 Å². The molecule has 0 aliphatic carbocycles. The Morgan fingerprint density at radius 3 is 2.23 bits per heavy atom. The highest BCUT2D eigenvalue weighted by molar-refractivity contribution is 7.89. The molecule has 1 fully saturated rings. The maximum absolute atomic E-state index is 13.2. The summed E-state index contributed by atoms with van der Waals surface area (Å²) in [6, 6.07) is 10.7. The molecule has 1 aliphatic heterocycles. The highest BCUT2D eigenvalue weighted by atomic mass is 32.2. The van der Waals surface area contributed by atoms with Crippen molar-refractivity contribution in [2.45, 2.75) is 18.7 Å². The van der Waals surface area contributed by atoms with Crippen molar-refractivity contribution in [2.75, 3.05) is 33.3 Å². The normalized spacial score (nSPS) is 15.7. The number of piperazine rings is 1. The quantitative estimate of drug-likeness (QED) is 0.869. The molecule has 0 atom stereocenters. The summed E-state index contributed by atoms with van der Waals surface area (Å²) < 4.78 is 39.0. The zero-order valence-corrected chi connectivity index (χ0v) is 16.1. The SMILES string of the molecule is COc1ccc(Oc2cc(C)cc(C)c2)c(S(=O)(=O)N2CCNCC2)c1. The Kier molecular flexibility index (Phi) is 5.50. The number of hydrogen-bond donors (Lipinski definition) is 1. The molecule has 0 aromatic heterocycles. The minimum atomic E-state index is -3.68. The van der Waals surface area contributed by atoms with Crippen molar-refractivity contribution in [3.8, 4) is 17.2 Å². The smallest absolute Gasteiger partial charge is 0.247 e. The van der Waals surface area contributed by atoms with Gasteiger partial charge in [0.05, 0.1) is 7.11 Å². The van der Waals surface area contributed by atoms with Crippen LogP contribution in [0.1, 0.15) is 11.1 Å². The van der Waals surface area contributed by atoms with Crippen molar-refractivity contribution in [1.29, 1.82) is 0 Å². The van der Waals surface area contributed by atoms with Crippen LogP contribution >= 0.6 is 0 Å². The van der Waals surface area contributed by atoms with E-state index in [9.17, 15) is 8.42 Å². The fraction of sp³-hybridized carbons (Fsp3) is 0.368. The summed E-state index contributed by atoms with van der Waals surface area (Å²) in [6.45, 7) is 6.09. The summed E-state index contributed by atoms with van der Waals surface area (Å²) in [5.41, 5.74) is 2.11.